The molecule has 0 aliphatic carbocycles. The summed E-state index contributed by atoms with van der Waals surface area (Å²) in [6.45, 7) is -0.720. The Morgan fingerprint density at radius 1 is 1.33 bits per heavy atom. The van der Waals surface area contributed by atoms with E-state index in [4.69, 9.17) is 5.73 Å². The molecule has 0 fully saturated rings. The van der Waals surface area contributed by atoms with Gasteiger partial charge in [0.2, 0.25) is 11.8 Å². The van der Waals surface area contributed by atoms with Crippen molar-refractivity contribution < 1.29 is 23.1 Å². The number of carbonyl (C=O) groups excluding carboxylic acids is 2. The molecule has 2 N–H and O–H groups in total. The summed E-state index contributed by atoms with van der Waals surface area (Å²) in [4.78, 5) is 30.0. The number of benzene rings is 1. The third-order valence-electron chi connectivity index (χ3n) is 3.52. The van der Waals surface area contributed by atoms with Crippen molar-refractivity contribution in [1.29, 1.82) is 0 Å². The quantitative estimate of drug-likeness (QED) is 0.637. The molecule has 146 valence electrons. The Balaban J connectivity index is 1.86. The Labute approximate surface area is 163 Å². The van der Waals surface area contributed by atoms with Gasteiger partial charge in [0.15, 0.2) is 4.34 Å². The second kappa shape index (κ2) is 9.65. The number of aryl methyl sites for hydroxylation is 1. The van der Waals surface area contributed by atoms with Gasteiger partial charge in [0, 0.05) is 18.5 Å². The van der Waals surface area contributed by atoms with Crippen LogP contribution in [0.25, 0.3) is 0 Å². The molecule has 0 aliphatic heterocycles. The molecule has 2 amide bonds. The Hall–Kier alpha value is -2.20. The number of carbonyl (C=O) groups is 2. The minimum Gasteiger partial charge on any atom is -0.435 e. The normalized spacial score (nSPS) is 10.9. The first-order valence-corrected chi connectivity index (χ1v) is 9.70. The van der Waals surface area contributed by atoms with Gasteiger partial charge in [-0.2, -0.15) is 8.78 Å². The maximum atomic E-state index is 12.3. The molecule has 0 aliphatic rings. The van der Waals surface area contributed by atoms with E-state index in [0.29, 0.717) is 10.9 Å². The van der Waals surface area contributed by atoms with E-state index in [1.54, 1.807) is 31.0 Å². The molecule has 10 heteroatoms. The molecule has 6 nitrogen and oxygen atoms in total. The molecule has 0 atom stereocenters. The van der Waals surface area contributed by atoms with Gasteiger partial charge in [-0.3, -0.25) is 9.59 Å². The zero-order chi connectivity index (χ0) is 20.0. The van der Waals surface area contributed by atoms with Crippen molar-refractivity contribution in [2.75, 3.05) is 12.8 Å². The van der Waals surface area contributed by atoms with Crippen molar-refractivity contribution >= 4 is 34.9 Å². The van der Waals surface area contributed by atoms with Crippen molar-refractivity contribution in [3.05, 3.63) is 40.4 Å². The predicted molar refractivity (Wildman–Crippen MR) is 100 cm³/mol. The van der Waals surface area contributed by atoms with E-state index in [1.165, 1.54) is 35.2 Å². The highest BCUT2D eigenvalue weighted by atomic mass is 32.2. The number of nitrogens with zero attached hydrogens (tertiary/aromatic N) is 2. The van der Waals surface area contributed by atoms with E-state index in [9.17, 15) is 18.4 Å². The van der Waals surface area contributed by atoms with Crippen LogP contribution in [0.1, 0.15) is 16.1 Å². The van der Waals surface area contributed by atoms with Gasteiger partial charge in [-0.15, -0.1) is 11.3 Å². The van der Waals surface area contributed by atoms with Crippen LogP contribution in [-0.2, 0) is 22.6 Å². The Kier molecular flexibility index (Phi) is 7.55. The fourth-order valence-corrected chi connectivity index (χ4v) is 4.34. The highest BCUT2D eigenvalue weighted by molar-refractivity contribution is 8.01. The Morgan fingerprint density at radius 3 is 2.59 bits per heavy atom. The van der Waals surface area contributed by atoms with E-state index >= 15 is 0 Å². The molecule has 0 radical (unpaired) electrons. The summed E-state index contributed by atoms with van der Waals surface area (Å²) in [6.07, 6.45) is 0.142. The molecular weight excluding hydrogens is 396 g/mol. The fraction of sp³-hybridized carbons (Fsp3) is 0.353. The zero-order valence-corrected chi connectivity index (χ0v) is 16.4. The van der Waals surface area contributed by atoms with Gasteiger partial charge in [-0.1, -0.05) is 23.9 Å². The largest absolute Gasteiger partial charge is 0.435 e. The van der Waals surface area contributed by atoms with Gasteiger partial charge in [0.1, 0.15) is 5.75 Å². The number of hydrogen-bond acceptors (Lipinski definition) is 6. The minimum absolute atomic E-state index is 0.0733. The third kappa shape index (κ3) is 6.79. The SMILES string of the molecule is Cc1nc(SCC(=O)N(C)Cc2ccc(OC(F)F)cc2)sc1CC(N)=O. The lowest BCUT2D eigenvalue weighted by atomic mass is 10.2. The van der Waals surface area contributed by atoms with Crippen LogP contribution in [0.15, 0.2) is 28.6 Å². The first kappa shape index (κ1) is 21.1. The van der Waals surface area contributed by atoms with Crippen LogP contribution in [0.5, 0.6) is 5.75 Å². The highest BCUT2D eigenvalue weighted by Crippen LogP contribution is 2.27. The minimum atomic E-state index is -2.87. The smallest absolute Gasteiger partial charge is 0.387 e. The number of thiazole rings is 1. The van der Waals surface area contributed by atoms with Gasteiger partial charge in [-0.25, -0.2) is 4.98 Å². The third-order valence-corrected chi connectivity index (χ3v) is 5.81. The number of amides is 2. The van der Waals surface area contributed by atoms with Crippen LogP contribution >= 0.6 is 23.1 Å². The number of rotatable bonds is 9. The number of thioether (sulfide) groups is 1. The molecule has 0 saturated carbocycles. The van der Waals surface area contributed by atoms with Gasteiger partial charge >= 0.3 is 6.61 Å². The summed E-state index contributed by atoms with van der Waals surface area (Å²) in [7, 11) is 1.66. The van der Waals surface area contributed by atoms with Crippen LogP contribution in [0.3, 0.4) is 0 Å². The number of hydrogen-bond donors (Lipinski definition) is 1. The second-order valence-electron chi connectivity index (χ2n) is 5.69. The number of ether oxygens (including phenoxy) is 1. The summed E-state index contributed by atoms with van der Waals surface area (Å²) in [5.41, 5.74) is 6.74. The van der Waals surface area contributed by atoms with Crippen molar-refractivity contribution in [1.82, 2.24) is 9.88 Å². The second-order valence-corrected chi connectivity index (χ2v) is 8.00. The summed E-state index contributed by atoms with van der Waals surface area (Å²) < 4.78 is 29.3. The van der Waals surface area contributed by atoms with Crippen molar-refractivity contribution in [2.45, 2.75) is 30.8 Å². The van der Waals surface area contributed by atoms with Crippen LogP contribution in [0.2, 0.25) is 0 Å². The molecule has 27 heavy (non-hydrogen) atoms. The van der Waals surface area contributed by atoms with Crippen molar-refractivity contribution in [2.24, 2.45) is 5.73 Å². The van der Waals surface area contributed by atoms with E-state index in [1.807, 2.05) is 0 Å². The van der Waals surface area contributed by atoms with E-state index in [0.717, 1.165) is 16.1 Å². The Bertz CT molecular complexity index is 797. The maximum absolute atomic E-state index is 12.3. The molecular formula is C17H19F2N3O3S2. The Morgan fingerprint density at radius 2 is 2.00 bits per heavy atom. The lowest BCUT2D eigenvalue weighted by molar-refractivity contribution is -0.127. The van der Waals surface area contributed by atoms with E-state index in [-0.39, 0.29) is 23.8 Å². The zero-order valence-electron chi connectivity index (χ0n) is 14.8. The first-order valence-electron chi connectivity index (χ1n) is 7.89. The summed E-state index contributed by atoms with van der Waals surface area (Å²) in [5, 5.41) is 0. The topological polar surface area (TPSA) is 85.5 Å². The van der Waals surface area contributed by atoms with Crippen LogP contribution in [-0.4, -0.2) is 41.1 Å². The monoisotopic (exact) mass is 415 g/mol. The summed E-state index contributed by atoms with van der Waals surface area (Å²) >= 11 is 2.66. The molecule has 1 aromatic heterocycles. The molecule has 2 aromatic rings. The average molecular weight is 415 g/mol. The summed E-state index contributed by atoms with van der Waals surface area (Å²) in [5.74, 6) is -0.244. The van der Waals surface area contributed by atoms with Gasteiger partial charge in [0.25, 0.3) is 0 Å². The molecule has 0 saturated heterocycles. The van der Waals surface area contributed by atoms with Gasteiger partial charge < -0.3 is 15.4 Å². The van der Waals surface area contributed by atoms with Gasteiger partial charge in [0.05, 0.1) is 17.9 Å². The molecule has 0 spiro atoms. The number of primary amides is 1. The van der Waals surface area contributed by atoms with E-state index in [2.05, 4.69) is 9.72 Å². The van der Waals surface area contributed by atoms with Crippen molar-refractivity contribution in [3.8, 4) is 5.75 Å². The number of halogens is 2. The number of nitrogens with two attached hydrogens (primary N) is 1. The molecule has 1 aromatic carbocycles. The number of alkyl halides is 2. The molecule has 0 bridgehead atoms. The van der Waals surface area contributed by atoms with Crippen LogP contribution in [0, 0.1) is 6.92 Å². The van der Waals surface area contributed by atoms with Crippen LogP contribution in [0.4, 0.5) is 8.78 Å². The highest BCUT2D eigenvalue weighted by Gasteiger charge is 2.14. The lowest BCUT2D eigenvalue weighted by Gasteiger charge is -2.17. The molecule has 0 unspecified atom stereocenters. The van der Waals surface area contributed by atoms with Crippen molar-refractivity contribution in [3.63, 3.8) is 0 Å². The standard InChI is InChI=1S/C17H19F2N3O3S2/c1-10-13(7-14(20)23)27-17(21-10)26-9-15(24)22(2)8-11-3-5-12(6-4-11)25-16(18)19/h3-6,16H,7-9H2,1-2H3,(H2,20,23). The first-order chi connectivity index (χ1) is 12.7. The fourth-order valence-electron chi connectivity index (χ4n) is 2.16. The maximum Gasteiger partial charge on any atom is 0.387 e. The van der Waals surface area contributed by atoms with Crippen LogP contribution < -0.4 is 10.5 Å². The molecule has 1 heterocycles. The lowest BCUT2D eigenvalue weighted by Crippen LogP contribution is -2.27. The van der Waals surface area contributed by atoms with Gasteiger partial charge in [-0.05, 0) is 24.6 Å². The predicted octanol–water partition coefficient (Wildman–Crippen LogP) is 2.83. The average Bonchev–Trinajstić information content (AvgIpc) is 2.93. The molecule has 2 rings (SSSR count). The summed E-state index contributed by atoms with van der Waals surface area (Å²) in [6, 6.07) is 6.14. The number of aromatic nitrogens is 1. The van der Waals surface area contributed by atoms with E-state index < -0.39 is 12.5 Å².